The quantitative estimate of drug-likeness (QED) is 0.391. The fraction of sp³-hybridized carbons (Fsp3) is 0.0417. The summed E-state index contributed by atoms with van der Waals surface area (Å²) in [6, 6.07) is 22.8. The highest BCUT2D eigenvalue weighted by Crippen LogP contribution is 2.25. The molecular formula is C24H18ClFN4O. The van der Waals surface area contributed by atoms with Crippen molar-refractivity contribution < 1.29 is 9.18 Å². The number of anilines is 3. The number of benzene rings is 3. The number of hydrogen-bond acceptors (Lipinski definition) is 4. The van der Waals surface area contributed by atoms with Crippen LogP contribution in [0.25, 0.3) is 11.3 Å². The molecule has 0 aliphatic heterocycles. The molecule has 0 spiro atoms. The van der Waals surface area contributed by atoms with E-state index >= 15 is 0 Å². The second-order valence-electron chi connectivity index (χ2n) is 6.81. The summed E-state index contributed by atoms with van der Waals surface area (Å²) in [5, 5.41) is 5.96. The molecule has 0 unspecified atom stereocenters. The summed E-state index contributed by atoms with van der Waals surface area (Å²) in [5.41, 5.74) is 2.78. The molecule has 4 rings (SSSR count). The highest BCUT2D eigenvalue weighted by Gasteiger charge is 2.16. The number of amides is 1. The monoisotopic (exact) mass is 432 g/mol. The average molecular weight is 433 g/mol. The van der Waals surface area contributed by atoms with Gasteiger partial charge in [-0.05, 0) is 37.3 Å². The van der Waals surface area contributed by atoms with E-state index in [1.165, 1.54) is 18.2 Å². The molecule has 31 heavy (non-hydrogen) atoms. The number of carbonyl (C=O) groups excluding carboxylic acids is 1. The van der Waals surface area contributed by atoms with Gasteiger partial charge < -0.3 is 10.6 Å². The lowest BCUT2D eigenvalue weighted by atomic mass is 10.1. The molecule has 1 heterocycles. The van der Waals surface area contributed by atoms with Crippen molar-refractivity contribution in [3.63, 3.8) is 0 Å². The summed E-state index contributed by atoms with van der Waals surface area (Å²) >= 11 is 5.98. The van der Waals surface area contributed by atoms with Crippen molar-refractivity contribution in [2.75, 3.05) is 10.6 Å². The van der Waals surface area contributed by atoms with E-state index in [2.05, 4.69) is 20.6 Å². The lowest BCUT2D eigenvalue weighted by molar-refractivity contribution is 0.102. The standard InChI is InChI=1S/C24H18ClFN4O/c1-15-27-21(16-7-3-2-4-8-16)14-22(28-15)29-17-9-5-10-18(13-17)30-24(31)23-19(25)11-6-12-20(23)26/h2-14H,1H3,(H,30,31)(H,27,28,29). The third-order valence-corrected chi connectivity index (χ3v) is 4.81. The molecule has 0 saturated carbocycles. The molecule has 2 N–H and O–H groups in total. The largest absolute Gasteiger partial charge is 0.340 e. The summed E-state index contributed by atoms with van der Waals surface area (Å²) in [6.07, 6.45) is 0. The minimum absolute atomic E-state index is 0.0525. The van der Waals surface area contributed by atoms with Gasteiger partial charge in [-0.25, -0.2) is 14.4 Å². The van der Waals surface area contributed by atoms with Gasteiger partial charge >= 0.3 is 0 Å². The second kappa shape index (κ2) is 8.93. The van der Waals surface area contributed by atoms with Gasteiger partial charge in [-0.15, -0.1) is 0 Å². The van der Waals surface area contributed by atoms with E-state index in [4.69, 9.17) is 11.6 Å². The summed E-state index contributed by atoms with van der Waals surface area (Å²) in [4.78, 5) is 21.4. The van der Waals surface area contributed by atoms with Crippen molar-refractivity contribution in [3.8, 4) is 11.3 Å². The summed E-state index contributed by atoms with van der Waals surface area (Å²) in [7, 11) is 0. The van der Waals surface area contributed by atoms with E-state index in [1.54, 1.807) is 18.2 Å². The molecule has 0 bridgehead atoms. The van der Waals surface area contributed by atoms with E-state index < -0.39 is 11.7 Å². The van der Waals surface area contributed by atoms with Crippen LogP contribution in [0.4, 0.5) is 21.6 Å². The Hall–Kier alpha value is -3.77. The van der Waals surface area contributed by atoms with Gasteiger partial charge in [-0.3, -0.25) is 4.79 Å². The predicted molar refractivity (Wildman–Crippen MR) is 121 cm³/mol. The minimum atomic E-state index is -0.677. The maximum atomic E-state index is 14.0. The maximum Gasteiger partial charge on any atom is 0.260 e. The first-order valence-electron chi connectivity index (χ1n) is 9.53. The van der Waals surface area contributed by atoms with Gasteiger partial charge in [-0.2, -0.15) is 0 Å². The molecule has 0 aliphatic rings. The molecular weight excluding hydrogens is 415 g/mol. The highest BCUT2D eigenvalue weighted by atomic mass is 35.5. The third kappa shape index (κ3) is 4.87. The van der Waals surface area contributed by atoms with E-state index in [-0.39, 0.29) is 10.6 Å². The van der Waals surface area contributed by atoms with E-state index in [1.807, 2.05) is 49.4 Å². The van der Waals surface area contributed by atoms with E-state index in [0.717, 1.165) is 11.3 Å². The van der Waals surface area contributed by atoms with E-state index in [0.29, 0.717) is 23.0 Å². The Morgan fingerprint density at radius 1 is 0.903 bits per heavy atom. The van der Waals surface area contributed by atoms with Gasteiger partial charge in [0.2, 0.25) is 0 Å². The van der Waals surface area contributed by atoms with Gasteiger partial charge in [0.25, 0.3) is 5.91 Å². The van der Waals surface area contributed by atoms with Crippen molar-refractivity contribution in [2.24, 2.45) is 0 Å². The number of hydrogen-bond donors (Lipinski definition) is 2. The highest BCUT2D eigenvalue weighted by molar-refractivity contribution is 6.34. The zero-order valence-electron chi connectivity index (χ0n) is 16.6. The van der Waals surface area contributed by atoms with Gasteiger partial charge in [0.15, 0.2) is 0 Å². The first-order valence-corrected chi connectivity index (χ1v) is 9.91. The fourth-order valence-corrected chi connectivity index (χ4v) is 3.37. The van der Waals surface area contributed by atoms with Crippen LogP contribution in [0.1, 0.15) is 16.2 Å². The Bertz CT molecular complexity index is 1230. The Kier molecular flexibility index (Phi) is 5.91. The Labute approximate surface area is 184 Å². The molecule has 5 nitrogen and oxygen atoms in total. The lowest BCUT2D eigenvalue weighted by Crippen LogP contribution is -2.14. The normalized spacial score (nSPS) is 10.5. The van der Waals surface area contributed by atoms with Crippen LogP contribution in [0.3, 0.4) is 0 Å². The molecule has 154 valence electrons. The van der Waals surface area contributed by atoms with Crippen LogP contribution in [-0.4, -0.2) is 15.9 Å². The Morgan fingerprint density at radius 3 is 2.42 bits per heavy atom. The number of nitrogens with zero attached hydrogens (tertiary/aromatic N) is 2. The Balaban J connectivity index is 1.56. The maximum absolute atomic E-state index is 14.0. The lowest BCUT2D eigenvalue weighted by Gasteiger charge is -2.11. The van der Waals surface area contributed by atoms with E-state index in [9.17, 15) is 9.18 Å². The molecule has 7 heteroatoms. The van der Waals surface area contributed by atoms with Crippen LogP contribution in [0.2, 0.25) is 5.02 Å². The number of aromatic nitrogens is 2. The SMILES string of the molecule is Cc1nc(Nc2cccc(NC(=O)c3c(F)cccc3Cl)c2)cc(-c2ccccc2)n1. The predicted octanol–water partition coefficient (Wildman–Crippen LogP) is 6.24. The minimum Gasteiger partial charge on any atom is -0.340 e. The number of rotatable bonds is 5. The third-order valence-electron chi connectivity index (χ3n) is 4.49. The van der Waals surface area contributed by atoms with Crippen molar-refractivity contribution >= 4 is 34.7 Å². The van der Waals surface area contributed by atoms with Crippen LogP contribution < -0.4 is 10.6 Å². The number of carbonyl (C=O) groups is 1. The molecule has 0 aliphatic carbocycles. The summed E-state index contributed by atoms with van der Waals surface area (Å²) < 4.78 is 14.0. The van der Waals surface area contributed by atoms with Crippen LogP contribution in [0.5, 0.6) is 0 Å². The van der Waals surface area contributed by atoms with Crippen molar-refractivity contribution in [2.45, 2.75) is 6.92 Å². The van der Waals surface area contributed by atoms with Crippen LogP contribution in [0.15, 0.2) is 78.9 Å². The number of nitrogens with one attached hydrogen (secondary N) is 2. The van der Waals surface area contributed by atoms with Gasteiger partial charge in [0.05, 0.1) is 16.3 Å². The number of halogens is 2. The van der Waals surface area contributed by atoms with Crippen LogP contribution in [0, 0.1) is 12.7 Å². The van der Waals surface area contributed by atoms with Crippen LogP contribution in [-0.2, 0) is 0 Å². The molecule has 0 fully saturated rings. The summed E-state index contributed by atoms with van der Waals surface area (Å²) in [5.74, 6) is -0.0526. The smallest absolute Gasteiger partial charge is 0.260 e. The molecule has 0 radical (unpaired) electrons. The molecule has 0 atom stereocenters. The Morgan fingerprint density at radius 2 is 1.65 bits per heavy atom. The van der Waals surface area contributed by atoms with Crippen LogP contribution >= 0.6 is 11.6 Å². The van der Waals surface area contributed by atoms with Gasteiger partial charge in [-0.1, -0.05) is 54.1 Å². The zero-order valence-corrected chi connectivity index (χ0v) is 17.3. The van der Waals surface area contributed by atoms with Gasteiger partial charge in [0, 0.05) is 23.0 Å². The topological polar surface area (TPSA) is 66.9 Å². The molecule has 1 amide bonds. The second-order valence-corrected chi connectivity index (χ2v) is 7.22. The molecule has 0 saturated heterocycles. The number of aryl methyl sites for hydroxylation is 1. The first kappa shape index (κ1) is 20.5. The zero-order chi connectivity index (χ0) is 21.8. The van der Waals surface area contributed by atoms with Crippen molar-refractivity contribution in [1.82, 2.24) is 9.97 Å². The van der Waals surface area contributed by atoms with Crippen molar-refractivity contribution in [1.29, 1.82) is 0 Å². The first-order chi connectivity index (χ1) is 15.0. The fourth-order valence-electron chi connectivity index (χ4n) is 3.12. The molecule has 3 aromatic carbocycles. The summed E-state index contributed by atoms with van der Waals surface area (Å²) in [6.45, 7) is 1.83. The van der Waals surface area contributed by atoms with Crippen molar-refractivity contribution in [3.05, 3.63) is 101 Å². The van der Waals surface area contributed by atoms with Gasteiger partial charge in [0.1, 0.15) is 17.5 Å². The average Bonchev–Trinajstić information content (AvgIpc) is 2.74. The molecule has 1 aromatic heterocycles. The molecule has 4 aromatic rings.